The van der Waals surface area contributed by atoms with E-state index in [0.29, 0.717) is 28.4 Å². The first kappa shape index (κ1) is 19.6. The Balaban J connectivity index is 1.51. The molecule has 148 valence electrons. The topological polar surface area (TPSA) is 41.9 Å². The van der Waals surface area contributed by atoms with Crippen LogP contribution in [0.1, 0.15) is 27.2 Å². The maximum atomic E-state index is 14.2. The van der Waals surface area contributed by atoms with Gasteiger partial charge < -0.3 is 9.74 Å². The van der Waals surface area contributed by atoms with E-state index >= 15 is 0 Å². The third-order valence-electron chi connectivity index (χ3n) is 4.68. The predicted molar refractivity (Wildman–Crippen MR) is 113 cm³/mol. The maximum absolute atomic E-state index is 14.2. The fourth-order valence-electron chi connectivity index (χ4n) is 3.23. The van der Waals surface area contributed by atoms with Gasteiger partial charge in [-0.25, -0.2) is 4.39 Å². The minimum atomic E-state index is -0.336. The van der Waals surface area contributed by atoms with E-state index in [2.05, 4.69) is 5.16 Å². The summed E-state index contributed by atoms with van der Waals surface area (Å²) in [5, 5.41) is 6.62. The Kier molecular flexibility index (Phi) is 5.92. The van der Waals surface area contributed by atoms with E-state index < -0.39 is 0 Å². The number of carbonyl (C=O) groups excluding carboxylic acids is 1. The molecule has 0 N–H and O–H groups in total. The third-order valence-corrected chi connectivity index (χ3v) is 5.87. The molecule has 4 nitrogen and oxygen atoms in total. The van der Waals surface area contributed by atoms with Crippen molar-refractivity contribution in [1.29, 1.82) is 0 Å². The highest BCUT2D eigenvalue weighted by molar-refractivity contribution is 7.12. The summed E-state index contributed by atoms with van der Waals surface area (Å²) in [6.45, 7) is 0.452. The van der Waals surface area contributed by atoms with Gasteiger partial charge in [-0.2, -0.15) is 0 Å². The summed E-state index contributed by atoms with van der Waals surface area (Å²) < 4.78 is 14.2. The molecule has 1 amide bonds. The summed E-state index contributed by atoms with van der Waals surface area (Å²) in [6, 6.07) is 17.5. The molecule has 3 aromatic rings. The molecule has 1 aliphatic rings. The van der Waals surface area contributed by atoms with Crippen LogP contribution in [-0.2, 0) is 11.4 Å². The van der Waals surface area contributed by atoms with Gasteiger partial charge in [0.2, 0.25) is 0 Å². The molecule has 0 unspecified atom stereocenters. The molecule has 1 aliphatic heterocycles. The van der Waals surface area contributed by atoms with Gasteiger partial charge in [0.25, 0.3) is 5.91 Å². The van der Waals surface area contributed by atoms with Crippen LogP contribution in [-0.4, -0.2) is 29.2 Å². The Morgan fingerprint density at radius 1 is 1.17 bits per heavy atom. The van der Waals surface area contributed by atoms with Crippen LogP contribution in [0.25, 0.3) is 0 Å². The van der Waals surface area contributed by atoms with Crippen molar-refractivity contribution in [3.63, 3.8) is 0 Å². The summed E-state index contributed by atoms with van der Waals surface area (Å²) >= 11 is 7.62. The number of carbonyl (C=O) groups is 1. The zero-order valence-electron chi connectivity index (χ0n) is 15.4. The van der Waals surface area contributed by atoms with Gasteiger partial charge in [-0.1, -0.05) is 59.2 Å². The molecule has 0 fully saturated rings. The lowest BCUT2D eigenvalue weighted by atomic mass is 10.0. The number of halogens is 2. The summed E-state index contributed by atoms with van der Waals surface area (Å²) in [6.07, 6.45) is 0.201. The van der Waals surface area contributed by atoms with Crippen molar-refractivity contribution in [2.24, 2.45) is 5.16 Å². The number of hydrogen-bond acceptors (Lipinski definition) is 4. The molecule has 29 heavy (non-hydrogen) atoms. The molecule has 0 radical (unpaired) electrons. The van der Waals surface area contributed by atoms with Crippen molar-refractivity contribution in [2.45, 2.75) is 19.1 Å². The fraction of sp³-hybridized carbons (Fsp3) is 0.182. The zero-order valence-corrected chi connectivity index (χ0v) is 17.0. The van der Waals surface area contributed by atoms with Crippen molar-refractivity contribution >= 4 is 34.6 Å². The van der Waals surface area contributed by atoms with Gasteiger partial charge in [0.15, 0.2) is 6.10 Å². The highest BCUT2D eigenvalue weighted by Crippen LogP contribution is 2.25. The summed E-state index contributed by atoms with van der Waals surface area (Å²) in [4.78, 5) is 20.8. The number of oxime groups is 1. The Morgan fingerprint density at radius 2 is 1.97 bits per heavy atom. The molecule has 2 aromatic carbocycles. The van der Waals surface area contributed by atoms with E-state index in [1.807, 2.05) is 29.6 Å². The molecule has 0 bridgehead atoms. The molecular weight excluding hydrogens is 411 g/mol. The van der Waals surface area contributed by atoms with Gasteiger partial charge in [-0.3, -0.25) is 4.79 Å². The van der Waals surface area contributed by atoms with Crippen molar-refractivity contribution in [3.05, 3.63) is 92.9 Å². The smallest absolute Gasteiger partial charge is 0.264 e. The second kappa shape index (κ2) is 8.76. The lowest BCUT2D eigenvalue weighted by Crippen LogP contribution is -2.37. The van der Waals surface area contributed by atoms with Gasteiger partial charge in [0.05, 0.1) is 17.1 Å². The van der Waals surface area contributed by atoms with Crippen LogP contribution in [0.5, 0.6) is 0 Å². The predicted octanol–water partition coefficient (Wildman–Crippen LogP) is 5.38. The van der Waals surface area contributed by atoms with Crippen LogP contribution in [0.15, 0.2) is 71.2 Å². The Labute approximate surface area is 177 Å². The van der Waals surface area contributed by atoms with Gasteiger partial charge in [-0.05, 0) is 23.6 Å². The Bertz CT molecular complexity index is 1040. The molecule has 0 saturated carbocycles. The van der Waals surface area contributed by atoms with E-state index in [1.165, 1.54) is 17.4 Å². The van der Waals surface area contributed by atoms with Crippen molar-refractivity contribution in [2.75, 3.05) is 6.54 Å². The van der Waals surface area contributed by atoms with Gasteiger partial charge in [-0.15, -0.1) is 11.3 Å². The number of benzene rings is 2. The van der Waals surface area contributed by atoms with Crippen LogP contribution >= 0.6 is 22.9 Å². The Morgan fingerprint density at radius 3 is 2.72 bits per heavy atom. The van der Waals surface area contributed by atoms with Crippen LogP contribution in [0.3, 0.4) is 0 Å². The molecule has 2 heterocycles. The third kappa shape index (κ3) is 4.49. The summed E-state index contributed by atoms with van der Waals surface area (Å²) in [5.41, 5.74) is 2.03. The minimum absolute atomic E-state index is 0.155. The first-order valence-electron chi connectivity index (χ1n) is 9.15. The Hall–Kier alpha value is -2.70. The number of nitrogens with zero attached hydrogens (tertiary/aromatic N) is 2. The molecule has 0 aliphatic carbocycles. The molecule has 0 spiro atoms. The minimum Gasteiger partial charge on any atom is -0.390 e. The van der Waals surface area contributed by atoms with E-state index in [0.717, 1.165) is 11.3 Å². The first-order valence-corrected chi connectivity index (χ1v) is 10.4. The number of rotatable bonds is 6. The normalized spacial score (nSPS) is 15.7. The monoisotopic (exact) mass is 428 g/mol. The molecule has 4 rings (SSSR count). The van der Waals surface area contributed by atoms with Crippen molar-refractivity contribution in [1.82, 2.24) is 4.90 Å². The standard InChI is InChI=1S/C22H18ClFN2O2S/c23-18-8-3-2-7-17(18)20-12-16(28-25-20)14-26(22(27)21-10-5-11-29-21)13-15-6-1-4-9-19(15)24/h1-11,16H,12-14H2/t16-/m1/s1. The van der Waals surface area contributed by atoms with Gasteiger partial charge in [0.1, 0.15) is 5.82 Å². The average molecular weight is 429 g/mol. The number of hydrogen-bond donors (Lipinski definition) is 0. The molecule has 0 saturated heterocycles. The highest BCUT2D eigenvalue weighted by atomic mass is 35.5. The number of amides is 1. The molecule has 1 atom stereocenters. The summed E-state index contributed by atoms with van der Waals surface area (Å²) in [5.74, 6) is -0.491. The molecule has 1 aromatic heterocycles. The van der Waals surface area contributed by atoms with Gasteiger partial charge in [0, 0.05) is 29.1 Å². The fourth-order valence-corrected chi connectivity index (χ4v) is 4.17. The maximum Gasteiger partial charge on any atom is 0.264 e. The van der Waals surface area contributed by atoms with E-state index in [1.54, 1.807) is 35.2 Å². The first-order chi connectivity index (χ1) is 14.1. The zero-order chi connectivity index (χ0) is 20.2. The highest BCUT2D eigenvalue weighted by Gasteiger charge is 2.28. The number of thiophene rings is 1. The molecule has 7 heteroatoms. The lowest BCUT2D eigenvalue weighted by molar-refractivity contribution is 0.0406. The van der Waals surface area contributed by atoms with E-state index in [-0.39, 0.29) is 24.4 Å². The average Bonchev–Trinajstić information content (AvgIpc) is 3.41. The van der Waals surface area contributed by atoms with Crippen LogP contribution in [0.2, 0.25) is 5.02 Å². The molecular formula is C22H18ClFN2O2S. The second-order valence-corrected chi connectivity index (χ2v) is 8.06. The second-order valence-electron chi connectivity index (χ2n) is 6.70. The van der Waals surface area contributed by atoms with Crippen molar-refractivity contribution < 1.29 is 14.0 Å². The SMILES string of the molecule is O=C(c1cccs1)N(Cc1ccccc1F)C[C@H]1CC(c2ccccc2Cl)=NO1. The van der Waals surface area contributed by atoms with Crippen LogP contribution in [0.4, 0.5) is 4.39 Å². The summed E-state index contributed by atoms with van der Waals surface area (Å²) in [7, 11) is 0. The largest absolute Gasteiger partial charge is 0.390 e. The van der Waals surface area contributed by atoms with Crippen LogP contribution < -0.4 is 0 Å². The van der Waals surface area contributed by atoms with Crippen LogP contribution in [0, 0.1) is 5.82 Å². The van der Waals surface area contributed by atoms with Gasteiger partial charge >= 0.3 is 0 Å². The lowest BCUT2D eigenvalue weighted by Gasteiger charge is -2.24. The van der Waals surface area contributed by atoms with Crippen molar-refractivity contribution in [3.8, 4) is 0 Å². The van der Waals surface area contributed by atoms with E-state index in [9.17, 15) is 9.18 Å². The quantitative estimate of drug-likeness (QED) is 0.529. The van der Waals surface area contributed by atoms with E-state index in [4.69, 9.17) is 16.4 Å².